The molecule has 2 unspecified atom stereocenters. The van der Waals surface area contributed by atoms with E-state index >= 15 is 0 Å². The third-order valence-electron chi connectivity index (χ3n) is 3.22. The first-order valence-electron chi connectivity index (χ1n) is 5.17. The molecule has 0 amide bonds. The van der Waals surface area contributed by atoms with Crippen LogP contribution < -0.4 is 10.5 Å². The number of aromatic nitrogens is 2. The van der Waals surface area contributed by atoms with Gasteiger partial charge in [0.1, 0.15) is 5.69 Å². The number of nitrogens with zero attached hydrogens (tertiary/aromatic N) is 2. The fourth-order valence-electron chi connectivity index (χ4n) is 2.03. The van der Waals surface area contributed by atoms with Crippen molar-refractivity contribution in [2.24, 2.45) is 17.1 Å². The molecule has 2 N–H and O–H groups in total. The van der Waals surface area contributed by atoms with E-state index in [0.29, 0.717) is 17.2 Å². The summed E-state index contributed by atoms with van der Waals surface area (Å²) in [4.78, 5) is 8.38. The van der Waals surface area contributed by atoms with Crippen LogP contribution in [0.4, 0.5) is 0 Å². The standard InChI is InChI=1S/C11H17N3O/c1-11(2)6-7(11)8(12)9-10(15-3)14-5-4-13-9/h4-5,7-8H,6,12H2,1-3H3. The first-order valence-corrected chi connectivity index (χ1v) is 5.17. The summed E-state index contributed by atoms with van der Waals surface area (Å²) in [5, 5.41) is 0. The topological polar surface area (TPSA) is 61.0 Å². The van der Waals surface area contributed by atoms with Crippen LogP contribution in [0.25, 0.3) is 0 Å². The second kappa shape index (κ2) is 3.45. The molecular weight excluding hydrogens is 190 g/mol. The minimum atomic E-state index is -0.0661. The number of ether oxygens (including phenoxy) is 1. The Hall–Kier alpha value is -1.16. The van der Waals surface area contributed by atoms with Crippen LogP contribution >= 0.6 is 0 Å². The number of nitrogens with two attached hydrogens (primary N) is 1. The summed E-state index contributed by atoms with van der Waals surface area (Å²) in [7, 11) is 1.60. The van der Waals surface area contributed by atoms with Crippen molar-refractivity contribution in [1.82, 2.24) is 9.97 Å². The highest BCUT2D eigenvalue weighted by molar-refractivity contribution is 5.24. The summed E-state index contributed by atoms with van der Waals surface area (Å²) < 4.78 is 5.16. The number of methoxy groups -OCH3 is 1. The largest absolute Gasteiger partial charge is 0.480 e. The molecule has 1 heterocycles. The summed E-state index contributed by atoms with van der Waals surface area (Å²) >= 11 is 0. The van der Waals surface area contributed by atoms with Gasteiger partial charge < -0.3 is 10.5 Å². The van der Waals surface area contributed by atoms with E-state index in [9.17, 15) is 0 Å². The molecule has 4 nitrogen and oxygen atoms in total. The zero-order chi connectivity index (χ0) is 11.1. The lowest BCUT2D eigenvalue weighted by Crippen LogP contribution is -2.18. The monoisotopic (exact) mass is 207 g/mol. The van der Waals surface area contributed by atoms with Gasteiger partial charge in [0.25, 0.3) is 0 Å². The van der Waals surface area contributed by atoms with Crippen molar-refractivity contribution in [3.8, 4) is 5.88 Å². The van der Waals surface area contributed by atoms with Gasteiger partial charge in [-0.2, -0.15) is 0 Å². The van der Waals surface area contributed by atoms with Gasteiger partial charge in [-0.3, -0.25) is 4.98 Å². The first kappa shape index (κ1) is 10.4. The van der Waals surface area contributed by atoms with Crippen molar-refractivity contribution in [1.29, 1.82) is 0 Å². The van der Waals surface area contributed by atoms with E-state index in [1.807, 2.05) is 0 Å². The van der Waals surface area contributed by atoms with Crippen molar-refractivity contribution >= 4 is 0 Å². The highest BCUT2D eigenvalue weighted by atomic mass is 16.5. The Labute approximate surface area is 89.9 Å². The van der Waals surface area contributed by atoms with E-state index in [2.05, 4.69) is 23.8 Å². The molecule has 1 fully saturated rings. The van der Waals surface area contributed by atoms with E-state index in [-0.39, 0.29) is 6.04 Å². The van der Waals surface area contributed by atoms with Gasteiger partial charge in [-0.05, 0) is 17.8 Å². The van der Waals surface area contributed by atoms with E-state index in [0.717, 1.165) is 12.1 Å². The van der Waals surface area contributed by atoms with Crippen LogP contribution in [0.5, 0.6) is 5.88 Å². The van der Waals surface area contributed by atoms with Crippen LogP contribution in [0.15, 0.2) is 12.4 Å². The molecule has 0 aromatic carbocycles. The number of hydrogen-bond donors (Lipinski definition) is 1. The zero-order valence-electron chi connectivity index (χ0n) is 9.40. The van der Waals surface area contributed by atoms with Gasteiger partial charge in [-0.25, -0.2) is 4.98 Å². The molecule has 1 aliphatic carbocycles. The highest BCUT2D eigenvalue weighted by Crippen LogP contribution is 2.57. The molecular formula is C11H17N3O. The number of rotatable bonds is 3. The minimum absolute atomic E-state index is 0.0661. The van der Waals surface area contributed by atoms with E-state index in [1.54, 1.807) is 19.5 Å². The molecule has 0 aliphatic heterocycles. The third-order valence-corrected chi connectivity index (χ3v) is 3.22. The summed E-state index contributed by atoms with van der Waals surface area (Å²) in [5.41, 5.74) is 7.28. The molecule has 2 atom stereocenters. The average Bonchev–Trinajstić information content (AvgIpc) is 2.86. The van der Waals surface area contributed by atoms with Gasteiger partial charge in [0.2, 0.25) is 5.88 Å². The van der Waals surface area contributed by atoms with Crippen LogP contribution in [0.1, 0.15) is 32.0 Å². The highest BCUT2D eigenvalue weighted by Gasteiger charge is 2.50. The fourth-order valence-corrected chi connectivity index (χ4v) is 2.03. The lowest BCUT2D eigenvalue weighted by molar-refractivity contribution is 0.376. The Morgan fingerprint density at radius 2 is 2.07 bits per heavy atom. The van der Waals surface area contributed by atoms with Gasteiger partial charge in [-0.15, -0.1) is 0 Å². The molecule has 2 rings (SSSR count). The average molecular weight is 207 g/mol. The van der Waals surface area contributed by atoms with Gasteiger partial charge in [0, 0.05) is 12.4 Å². The summed E-state index contributed by atoms with van der Waals surface area (Å²) in [6.45, 7) is 4.45. The molecule has 0 saturated heterocycles. The molecule has 4 heteroatoms. The lowest BCUT2D eigenvalue weighted by atomic mass is 10.0. The summed E-state index contributed by atoms with van der Waals surface area (Å²) in [5.74, 6) is 1.04. The summed E-state index contributed by atoms with van der Waals surface area (Å²) in [6.07, 6.45) is 4.42. The Morgan fingerprint density at radius 3 is 2.60 bits per heavy atom. The number of hydrogen-bond acceptors (Lipinski definition) is 4. The molecule has 1 saturated carbocycles. The Balaban J connectivity index is 2.22. The SMILES string of the molecule is COc1nccnc1C(N)C1CC1(C)C. The van der Waals surface area contributed by atoms with E-state index in [4.69, 9.17) is 10.5 Å². The smallest absolute Gasteiger partial charge is 0.236 e. The van der Waals surface area contributed by atoms with Crippen LogP contribution in [-0.4, -0.2) is 17.1 Å². The fraction of sp³-hybridized carbons (Fsp3) is 0.636. The minimum Gasteiger partial charge on any atom is -0.480 e. The van der Waals surface area contributed by atoms with Gasteiger partial charge in [0.15, 0.2) is 0 Å². The Bertz CT molecular complexity index is 365. The maximum absolute atomic E-state index is 6.17. The molecule has 0 bridgehead atoms. The van der Waals surface area contributed by atoms with E-state index < -0.39 is 0 Å². The second-order valence-corrected chi connectivity index (χ2v) is 4.78. The molecule has 0 radical (unpaired) electrons. The second-order valence-electron chi connectivity index (χ2n) is 4.78. The molecule has 1 aromatic heterocycles. The third kappa shape index (κ3) is 1.81. The lowest BCUT2D eigenvalue weighted by Gasteiger charge is -2.14. The van der Waals surface area contributed by atoms with Crippen molar-refractivity contribution in [3.05, 3.63) is 18.1 Å². The predicted molar refractivity (Wildman–Crippen MR) is 57.4 cm³/mol. The molecule has 15 heavy (non-hydrogen) atoms. The van der Waals surface area contributed by atoms with Crippen LogP contribution in [0, 0.1) is 11.3 Å². The summed E-state index contributed by atoms with van der Waals surface area (Å²) in [6, 6.07) is -0.0661. The van der Waals surface area contributed by atoms with Crippen molar-refractivity contribution < 1.29 is 4.74 Å². The Morgan fingerprint density at radius 1 is 1.47 bits per heavy atom. The van der Waals surface area contributed by atoms with Gasteiger partial charge in [0.05, 0.1) is 13.2 Å². The van der Waals surface area contributed by atoms with Crippen molar-refractivity contribution in [3.63, 3.8) is 0 Å². The van der Waals surface area contributed by atoms with Gasteiger partial charge in [-0.1, -0.05) is 13.8 Å². The molecule has 0 spiro atoms. The van der Waals surface area contributed by atoms with Crippen LogP contribution in [-0.2, 0) is 0 Å². The molecule has 82 valence electrons. The van der Waals surface area contributed by atoms with Crippen molar-refractivity contribution in [2.75, 3.05) is 7.11 Å². The Kier molecular flexibility index (Phi) is 2.38. The molecule has 1 aromatic rings. The normalized spacial score (nSPS) is 24.7. The predicted octanol–water partition coefficient (Wildman–Crippen LogP) is 1.53. The van der Waals surface area contributed by atoms with E-state index in [1.165, 1.54) is 0 Å². The van der Waals surface area contributed by atoms with Gasteiger partial charge >= 0.3 is 0 Å². The van der Waals surface area contributed by atoms with Crippen molar-refractivity contribution in [2.45, 2.75) is 26.3 Å². The molecule has 1 aliphatic rings. The maximum atomic E-state index is 6.17. The van der Waals surface area contributed by atoms with Crippen LogP contribution in [0.3, 0.4) is 0 Å². The van der Waals surface area contributed by atoms with Crippen LogP contribution in [0.2, 0.25) is 0 Å². The quantitative estimate of drug-likeness (QED) is 0.816. The first-order chi connectivity index (χ1) is 7.06. The maximum Gasteiger partial charge on any atom is 0.236 e. The zero-order valence-corrected chi connectivity index (χ0v) is 9.40.